The van der Waals surface area contributed by atoms with Crippen LogP contribution in [0.25, 0.3) is 22.3 Å². The number of piperazine rings is 1. The number of nitrogens with one attached hydrogen (secondary N) is 1. The Morgan fingerprint density at radius 3 is 2.79 bits per heavy atom. The molecule has 3 aromatic heterocycles. The highest BCUT2D eigenvalue weighted by Gasteiger charge is 2.37. The van der Waals surface area contributed by atoms with Gasteiger partial charge in [-0.25, -0.2) is 23.1 Å². The molecule has 1 saturated heterocycles. The number of amides is 1. The predicted molar refractivity (Wildman–Crippen MR) is 133 cm³/mol. The molecule has 1 aliphatic heterocycles. The van der Waals surface area contributed by atoms with E-state index in [9.17, 15) is 23.2 Å². The molecule has 4 heterocycles. The van der Waals surface area contributed by atoms with Crippen molar-refractivity contribution < 1.29 is 18.0 Å². The fourth-order valence-electron chi connectivity index (χ4n) is 4.81. The first-order valence-corrected chi connectivity index (χ1v) is 12.1. The number of alkyl halides is 2. The first-order chi connectivity index (χ1) is 18.9. The number of rotatable bonds is 7. The quantitative estimate of drug-likeness (QED) is 0.385. The van der Waals surface area contributed by atoms with Crippen molar-refractivity contribution >= 4 is 16.9 Å². The van der Waals surface area contributed by atoms with E-state index in [1.54, 1.807) is 34.2 Å². The highest BCUT2D eigenvalue weighted by Crippen LogP contribution is 2.27. The third kappa shape index (κ3) is 5.17. The summed E-state index contributed by atoms with van der Waals surface area (Å²) in [5.74, 6) is -1.59. The van der Waals surface area contributed by atoms with Gasteiger partial charge in [0.25, 0.3) is 12.3 Å². The van der Waals surface area contributed by atoms with Gasteiger partial charge in [0.1, 0.15) is 17.8 Å². The highest BCUT2D eigenvalue weighted by molar-refractivity contribution is 5.94. The molecule has 0 saturated carbocycles. The van der Waals surface area contributed by atoms with Gasteiger partial charge in [0.15, 0.2) is 0 Å². The Balaban J connectivity index is 1.33. The molecular formula is C26H22F3N9O. The average Bonchev–Trinajstić information content (AvgIpc) is 3.62. The summed E-state index contributed by atoms with van der Waals surface area (Å²) in [6.07, 6.45) is 3.74. The Labute approximate surface area is 220 Å². The van der Waals surface area contributed by atoms with Crippen molar-refractivity contribution in [2.24, 2.45) is 0 Å². The zero-order valence-corrected chi connectivity index (χ0v) is 20.5. The molecule has 39 heavy (non-hydrogen) atoms. The normalized spacial score (nSPS) is 16.8. The predicted octanol–water partition coefficient (Wildman–Crippen LogP) is 3.38. The Bertz CT molecular complexity index is 1590. The van der Waals surface area contributed by atoms with Gasteiger partial charge in [-0.05, 0) is 24.3 Å². The van der Waals surface area contributed by atoms with E-state index in [1.165, 1.54) is 23.4 Å². The van der Waals surface area contributed by atoms with Crippen LogP contribution in [0.1, 0.15) is 28.4 Å². The molecule has 5 rings (SSSR count). The number of aromatic amines is 1. The van der Waals surface area contributed by atoms with Crippen LogP contribution in [0.15, 0.2) is 49.2 Å². The number of carbonyl (C=O) groups is 1. The summed E-state index contributed by atoms with van der Waals surface area (Å²) >= 11 is 0. The second-order valence-electron chi connectivity index (χ2n) is 9.14. The average molecular weight is 534 g/mol. The maximum atomic E-state index is 14.4. The molecule has 1 amide bonds. The number of nitrogens with zero attached hydrogens (tertiary/aromatic N) is 8. The molecule has 198 valence electrons. The molecule has 10 nitrogen and oxygen atoms in total. The van der Waals surface area contributed by atoms with E-state index in [0.29, 0.717) is 16.9 Å². The molecule has 2 atom stereocenters. The zero-order chi connectivity index (χ0) is 27.5. The maximum absolute atomic E-state index is 14.4. The van der Waals surface area contributed by atoms with Gasteiger partial charge < -0.3 is 9.88 Å². The summed E-state index contributed by atoms with van der Waals surface area (Å²) in [5.41, 5.74) is 1.78. The fourth-order valence-corrected chi connectivity index (χ4v) is 4.81. The van der Waals surface area contributed by atoms with E-state index in [2.05, 4.69) is 26.1 Å². The van der Waals surface area contributed by atoms with E-state index >= 15 is 0 Å². The molecule has 0 spiro atoms. The third-order valence-corrected chi connectivity index (χ3v) is 6.82. The van der Waals surface area contributed by atoms with Crippen molar-refractivity contribution in [3.05, 3.63) is 66.1 Å². The number of hydrogen-bond donors (Lipinski definition) is 1. The van der Waals surface area contributed by atoms with Crippen LogP contribution >= 0.6 is 0 Å². The highest BCUT2D eigenvalue weighted by atomic mass is 19.3. The second-order valence-corrected chi connectivity index (χ2v) is 9.14. The first-order valence-electron chi connectivity index (χ1n) is 12.1. The van der Waals surface area contributed by atoms with Crippen LogP contribution in [0.5, 0.6) is 0 Å². The van der Waals surface area contributed by atoms with Crippen molar-refractivity contribution in [2.45, 2.75) is 24.9 Å². The van der Waals surface area contributed by atoms with Crippen LogP contribution < -0.4 is 0 Å². The van der Waals surface area contributed by atoms with Crippen LogP contribution in [0.3, 0.4) is 0 Å². The van der Waals surface area contributed by atoms with Gasteiger partial charge in [-0.1, -0.05) is 0 Å². The number of benzene rings is 1. The van der Waals surface area contributed by atoms with Gasteiger partial charge in [0.05, 0.1) is 53.7 Å². The molecule has 0 bridgehead atoms. The van der Waals surface area contributed by atoms with E-state index in [-0.39, 0.29) is 43.7 Å². The lowest BCUT2D eigenvalue weighted by Gasteiger charge is -2.42. The van der Waals surface area contributed by atoms with Gasteiger partial charge in [0.2, 0.25) is 0 Å². The van der Waals surface area contributed by atoms with E-state index in [0.717, 1.165) is 11.5 Å². The van der Waals surface area contributed by atoms with Crippen LogP contribution in [0.4, 0.5) is 13.2 Å². The summed E-state index contributed by atoms with van der Waals surface area (Å²) in [7, 11) is 0. The lowest BCUT2D eigenvalue weighted by atomic mass is 10.1. The smallest absolute Gasteiger partial charge is 0.256 e. The minimum Gasteiger partial charge on any atom is -0.346 e. The molecular weight excluding hydrogens is 511 g/mol. The summed E-state index contributed by atoms with van der Waals surface area (Å²) in [6.45, 7) is -0.0195. The first kappa shape index (κ1) is 25.9. The van der Waals surface area contributed by atoms with Crippen molar-refractivity contribution in [1.82, 2.24) is 34.5 Å². The number of fused-ring (bicyclic) bond motifs is 1. The zero-order valence-electron chi connectivity index (χ0n) is 20.5. The van der Waals surface area contributed by atoms with Crippen LogP contribution in [-0.2, 0) is 0 Å². The Morgan fingerprint density at radius 1 is 1.21 bits per heavy atom. The number of carbonyl (C=O) groups excluding carboxylic acids is 1. The SMILES string of the molecule is N#CCC(CN1CCN(C(=O)c2ccc(C#N)cc2F)CC1C(F)F)n1cc(-c2ncnc3[nH]ccc23)cn1. The molecule has 0 aliphatic carbocycles. The standard InChI is InChI=1S/C26H22F3N9O/c27-21-9-16(10-31)1-2-19(21)26(39)37-8-7-36(22(14-37)24(28)29)13-18(3-5-30)38-12-17(11-35-38)23-20-4-6-32-25(20)34-15-33-23/h1-2,4,6,9,11-12,15,18,22,24H,3,7-8,13-14H2,(H,32,33,34). The Hall–Kier alpha value is -4.75. The topological polar surface area (TPSA) is 131 Å². The molecule has 1 aromatic carbocycles. The van der Waals surface area contributed by atoms with E-state index in [1.807, 2.05) is 6.07 Å². The van der Waals surface area contributed by atoms with Gasteiger partial charge in [0, 0.05) is 49.5 Å². The molecule has 1 N–H and O–H groups in total. The van der Waals surface area contributed by atoms with Crippen LogP contribution in [0, 0.1) is 28.5 Å². The summed E-state index contributed by atoms with van der Waals surface area (Å²) < 4.78 is 44.3. The van der Waals surface area contributed by atoms with Crippen molar-refractivity contribution in [3.8, 4) is 23.4 Å². The van der Waals surface area contributed by atoms with Crippen molar-refractivity contribution in [3.63, 3.8) is 0 Å². The molecule has 1 fully saturated rings. The number of hydrogen-bond acceptors (Lipinski definition) is 7. The molecule has 1 aliphatic rings. The number of H-pyrrole nitrogens is 1. The van der Waals surface area contributed by atoms with Crippen LogP contribution in [-0.4, -0.2) is 79.1 Å². The number of nitriles is 2. The molecule has 2 unspecified atom stereocenters. The minimum absolute atomic E-state index is 0.0238. The Kier molecular flexibility index (Phi) is 7.25. The monoisotopic (exact) mass is 533 g/mol. The van der Waals surface area contributed by atoms with Crippen molar-refractivity contribution in [1.29, 1.82) is 10.5 Å². The van der Waals surface area contributed by atoms with Crippen LogP contribution in [0.2, 0.25) is 0 Å². The van der Waals surface area contributed by atoms with E-state index in [4.69, 9.17) is 5.26 Å². The largest absolute Gasteiger partial charge is 0.346 e. The lowest BCUT2D eigenvalue weighted by Crippen LogP contribution is -2.58. The van der Waals surface area contributed by atoms with Crippen molar-refractivity contribution in [2.75, 3.05) is 26.2 Å². The molecule has 4 aromatic rings. The Morgan fingerprint density at radius 2 is 2.05 bits per heavy atom. The lowest BCUT2D eigenvalue weighted by molar-refractivity contribution is -0.0244. The van der Waals surface area contributed by atoms with Gasteiger partial charge in [-0.2, -0.15) is 15.6 Å². The van der Waals surface area contributed by atoms with Gasteiger partial charge in [-0.15, -0.1) is 0 Å². The summed E-state index contributed by atoms with van der Waals surface area (Å²) in [5, 5.41) is 23.6. The second kappa shape index (κ2) is 10.9. The fraction of sp³-hybridized carbons (Fsp3) is 0.308. The third-order valence-electron chi connectivity index (χ3n) is 6.82. The molecule has 13 heteroatoms. The number of halogens is 3. The van der Waals surface area contributed by atoms with Gasteiger partial charge >= 0.3 is 0 Å². The minimum atomic E-state index is -2.79. The maximum Gasteiger partial charge on any atom is 0.256 e. The van der Waals surface area contributed by atoms with Gasteiger partial charge in [-0.3, -0.25) is 14.4 Å². The summed E-state index contributed by atoms with van der Waals surface area (Å²) in [4.78, 5) is 27.2. The number of aromatic nitrogens is 5. The van der Waals surface area contributed by atoms with E-state index < -0.39 is 30.2 Å². The molecule has 0 radical (unpaired) electrons. The summed E-state index contributed by atoms with van der Waals surface area (Å²) in [6, 6.07) is 7.33.